The Morgan fingerprint density at radius 3 is 1.88 bits per heavy atom. The van der Waals surface area contributed by atoms with E-state index in [0.717, 1.165) is 11.6 Å². The van der Waals surface area contributed by atoms with Gasteiger partial charge in [0.05, 0.1) is 5.56 Å². The van der Waals surface area contributed by atoms with Crippen LogP contribution in [0, 0.1) is 29.1 Å². The molecule has 3 aromatic rings. The number of fused-ring (bicyclic) bond motifs is 1. The van der Waals surface area contributed by atoms with Gasteiger partial charge >= 0.3 is 5.69 Å². The van der Waals surface area contributed by atoms with E-state index >= 15 is 0 Å². The molecule has 0 atom stereocenters. The van der Waals surface area contributed by atoms with Crippen LogP contribution in [0.25, 0.3) is 22.6 Å². The topological polar surface area (TPSA) is 72.7 Å². The monoisotopic (exact) mass is 346 g/mol. The predicted octanol–water partition coefficient (Wildman–Crippen LogP) is 1.32. The Kier molecular flexibility index (Phi) is 3.32. The molecule has 2 aromatic heterocycles. The number of halogens is 5. The minimum atomic E-state index is -2.31. The maximum absolute atomic E-state index is 13.8. The van der Waals surface area contributed by atoms with Gasteiger partial charge < -0.3 is 4.98 Å². The van der Waals surface area contributed by atoms with Crippen LogP contribution < -0.4 is 11.2 Å². The Balaban J connectivity index is 2.46. The van der Waals surface area contributed by atoms with Gasteiger partial charge in [0.1, 0.15) is 11.3 Å². The van der Waals surface area contributed by atoms with Crippen molar-refractivity contribution in [1.82, 2.24) is 19.1 Å². The third-order valence-electron chi connectivity index (χ3n) is 3.54. The van der Waals surface area contributed by atoms with Crippen molar-refractivity contribution in [3.05, 3.63) is 49.9 Å². The Hall–Kier alpha value is -2.98. The molecule has 1 aromatic carbocycles. The summed E-state index contributed by atoms with van der Waals surface area (Å²) >= 11 is 0. The summed E-state index contributed by atoms with van der Waals surface area (Å²) in [6, 6.07) is 0. The smallest absolute Gasteiger partial charge is 0.332 e. The quantitative estimate of drug-likeness (QED) is 0.410. The van der Waals surface area contributed by atoms with Crippen molar-refractivity contribution in [2.24, 2.45) is 14.1 Å². The lowest BCUT2D eigenvalue weighted by Crippen LogP contribution is -2.36. The second-order valence-corrected chi connectivity index (χ2v) is 4.93. The highest BCUT2D eigenvalue weighted by Crippen LogP contribution is 2.30. The Morgan fingerprint density at radius 1 is 0.833 bits per heavy atom. The van der Waals surface area contributed by atoms with E-state index in [0.29, 0.717) is 4.57 Å². The van der Waals surface area contributed by atoms with Crippen molar-refractivity contribution in [3.63, 3.8) is 0 Å². The summed E-state index contributed by atoms with van der Waals surface area (Å²) in [5.41, 5.74) is -3.57. The largest absolute Gasteiger partial charge is 0.332 e. The number of aryl methyl sites for hydroxylation is 1. The second kappa shape index (κ2) is 5.01. The molecule has 0 aliphatic heterocycles. The minimum Gasteiger partial charge on any atom is -0.332 e. The van der Waals surface area contributed by atoms with Crippen molar-refractivity contribution in [3.8, 4) is 11.4 Å². The van der Waals surface area contributed by atoms with Crippen LogP contribution in [0.2, 0.25) is 0 Å². The first kappa shape index (κ1) is 15.9. The summed E-state index contributed by atoms with van der Waals surface area (Å²) in [4.78, 5) is 29.6. The van der Waals surface area contributed by atoms with E-state index in [9.17, 15) is 31.5 Å². The maximum Gasteiger partial charge on any atom is 0.332 e. The lowest BCUT2D eigenvalue weighted by atomic mass is 10.1. The first-order valence-electron chi connectivity index (χ1n) is 6.34. The molecule has 11 heteroatoms. The van der Waals surface area contributed by atoms with Gasteiger partial charge in [0, 0.05) is 14.1 Å². The highest BCUT2D eigenvalue weighted by molar-refractivity contribution is 5.75. The summed E-state index contributed by atoms with van der Waals surface area (Å²) in [5.74, 6) is -11.6. The lowest BCUT2D eigenvalue weighted by Gasteiger charge is -2.05. The molecule has 0 saturated heterocycles. The van der Waals surface area contributed by atoms with Crippen molar-refractivity contribution in [2.45, 2.75) is 0 Å². The van der Waals surface area contributed by atoms with Crippen LogP contribution in [0.1, 0.15) is 0 Å². The molecule has 126 valence electrons. The van der Waals surface area contributed by atoms with Crippen LogP contribution in [0.5, 0.6) is 0 Å². The molecule has 6 nitrogen and oxygen atoms in total. The molecule has 0 fully saturated rings. The van der Waals surface area contributed by atoms with Crippen molar-refractivity contribution < 1.29 is 22.0 Å². The van der Waals surface area contributed by atoms with Crippen LogP contribution in [0.4, 0.5) is 22.0 Å². The molecule has 0 amide bonds. The molecule has 0 aliphatic carbocycles. The van der Waals surface area contributed by atoms with Gasteiger partial charge in [-0.05, 0) is 0 Å². The van der Waals surface area contributed by atoms with Crippen molar-refractivity contribution in [2.75, 3.05) is 0 Å². The number of benzene rings is 1. The molecular weight excluding hydrogens is 339 g/mol. The van der Waals surface area contributed by atoms with Crippen LogP contribution in [-0.4, -0.2) is 19.1 Å². The number of imidazole rings is 1. The van der Waals surface area contributed by atoms with E-state index < -0.39 is 51.7 Å². The summed E-state index contributed by atoms with van der Waals surface area (Å²) < 4.78 is 69.0. The Bertz CT molecular complexity index is 1100. The van der Waals surface area contributed by atoms with E-state index in [-0.39, 0.29) is 11.2 Å². The van der Waals surface area contributed by atoms with Gasteiger partial charge in [0.15, 0.2) is 28.9 Å². The van der Waals surface area contributed by atoms with Gasteiger partial charge in [0.25, 0.3) is 5.56 Å². The van der Waals surface area contributed by atoms with E-state index in [2.05, 4.69) is 9.97 Å². The minimum absolute atomic E-state index is 0.290. The van der Waals surface area contributed by atoms with Gasteiger partial charge in [-0.2, -0.15) is 0 Å². The third-order valence-corrected chi connectivity index (χ3v) is 3.54. The molecule has 0 bridgehead atoms. The number of aromatic nitrogens is 4. The Labute approximate surface area is 128 Å². The molecule has 1 N–H and O–H groups in total. The maximum atomic E-state index is 13.8. The van der Waals surface area contributed by atoms with Crippen molar-refractivity contribution in [1.29, 1.82) is 0 Å². The molecule has 2 heterocycles. The lowest BCUT2D eigenvalue weighted by molar-refractivity contribution is 0.381. The van der Waals surface area contributed by atoms with Crippen LogP contribution in [0.3, 0.4) is 0 Å². The fourth-order valence-corrected chi connectivity index (χ4v) is 2.26. The predicted molar refractivity (Wildman–Crippen MR) is 71.8 cm³/mol. The van der Waals surface area contributed by atoms with Crippen LogP contribution in [-0.2, 0) is 14.1 Å². The second-order valence-electron chi connectivity index (χ2n) is 4.93. The molecule has 0 radical (unpaired) electrons. The average molecular weight is 346 g/mol. The first-order valence-corrected chi connectivity index (χ1v) is 6.34. The zero-order valence-corrected chi connectivity index (χ0v) is 12.0. The SMILES string of the molecule is Cn1c(=O)c2[nH]c(-c3c(F)c(F)c(F)c(F)c3F)nc2n(C)c1=O. The van der Waals surface area contributed by atoms with Crippen LogP contribution in [0.15, 0.2) is 9.59 Å². The van der Waals surface area contributed by atoms with E-state index in [1.807, 2.05) is 0 Å². The third kappa shape index (κ3) is 1.90. The zero-order chi connectivity index (χ0) is 17.9. The zero-order valence-electron chi connectivity index (χ0n) is 12.0. The number of hydrogen-bond acceptors (Lipinski definition) is 3. The number of aromatic amines is 1. The number of hydrogen-bond donors (Lipinski definition) is 1. The fraction of sp³-hybridized carbons (Fsp3) is 0.154. The molecule has 0 spiro atoms. The van der Waals surface area contributed by atoms with Gasteiger partial charge in [0.2, 0.25) is 5.82 Å². The molecule has 24 heavy (non-hydrogen) atoms. The normalized spacial score (nSPS) is 11.5. The van der Waals surface area contributed by atoms with Gasteiger partial charge in [-0.25, -0.2) is 31.7 Å². The summed E-state index contributed by atoms with van der Waals surface area (Å²) in [5, 5.41) is 0. The molecule has 0 unspecified atom stereocenters. The van der Waals surface area contributed by atoms with Gasteiger partial charge in [-0.1, -0.05) is 0 Å². The van der Waals surface area contributed by atoms with Crippen molar-refractivity contribution >= 4 is 11.2 Å². The van der Waals surface area contributed by atoms with Gasteiger partial charge in [-0.3, -0.25) is 13.9 Å². The van der Waals surface area contributed by atoms with Gasteiger partial charge in [-0.15, -0.1) is 0 Å². The summed E-state index contributed by atoms with van der Waals surface area (Å²) in [6.07, 6.45) is 0. The number of nitrogens with one attached hydrogen (secondary N) is 1. The summed E-state index contributed by atoms with van der Waals surface area (Å²) in [7, 11) is 2.39. The van der Waals surface area contributed by atoms with E-state index in [4.69, 9.17) is 0 Å². The first-order chi connectivity index (χ1) is 11.2. The fourth-order valence-electron chi connectivity index (χ4n) is 2.26. The van der Waals surface area contributed by atoms with E-state index in [1.165, 1.54) is 7.05 Å². The molecule has 3 rings (SSSR count). The Morgan fingerprint density at radius 2 is 1.33 bits per heavy atom. The number of nitrogens with zero attached hydrogens (tertiary/aromatic N) is 3. The highest BCUT2D eigenvalue weighted by Gasteiger charge is 2.29. The van der Waals surface area contributed by atoms with Crippen LogP contribution >= 0.6 is 0 Å². The molecular formula is C13H7F5N4O2. The molecule has 0 saturated carbocycles. The number of H-pyrrole nitrogens is 1. The molecule has 0 aliphatic rings. The highest BCUT2D eigenvalue weighted by atomic mass is 19.2. The number of rotatable bonds is 1. The van der Waals surface area contributed by atoms with E-state index in [1.54, 1.807) is 0 Å². The standard InChI is InChI=1S/C13H7F5N4O2/c1-21-11-9(12(23)22(2)13(21)24)19-10(20-11)3-4(14)6(16)8(18)7(17)5(3)15/h1-2H3,(H,19,20). The average Bonchev–Trinajstić information content (AvgIpc) is 2.99. The summed E-state index contributed by atoms with van der Waals surface area (Å²) in [6.45, 7) is 0.